The molecule has 1 rings (SSSR count). The van der Waals surface area contributed by atoms with E-state index >= 15 is 0 Å². The Morgan fingerprint density at radius 1 is 1.50 bits per heavy atom. The van der Waals surface area contributed by atoms with Gasteiger partial charge in [-0.3, -0.25) is 4.99 Å². The lowest BCUT2D eigenvalue weighted by molar-refractivity contribution is 0.475. The monoisotopic (exact) mass is 187 g/mol. The second-order valence-corrected chi connectivity index (χ2v) is 2.75. The Kier molecular flexibility index (Phi) is 3.68. The van der Waals surface area contributed by atoms with Gasteiger partial charge in [-0.05, 0) is 30.2 Å². The van der Waals surface area contributed by atoms with E-state index in [9.17, 15) is 5.11 Å². The highest BCUT2D eigenvalue weighted by Crippen LogP contribution is 2.19. The summed E-state index contributed by atoms with van der Waals surface area (Å²) in [5, 5.41) is 9.28. The standard InChI is InChI=1S/C12H13NO/c1-3-10(9-13-4-2)11-6-5-7-12(14)8-11/h3-9,14H,1H2,2H3/b10-9+,13-4?. The van der Waals surface area contributed by atoms with E-state index in [-0.39, 0.29) is 5.75 Å². The maximum atomic E-state index is 9.28. The Balaban J connectivity index is 3.06. The second-order valence-electron chi connectivity index (χ2n) is 2.75. The summed E-state index contributed by atoms with van der Waals surface area (Å²) in [6.45, 7) is 5.54. The minimum atomic E-state index is 0.246. The van der Waals surface area contributed by atoms with E-state index in [1.54, 1.807) is 36.7 Å². The first-order chi connectivity index (χ1) is 6.77. The number of benzene rings is 1. The number of hydrogen-bond acceptors (Lipinski definition) is 2. The highest BCUT2D eigenvalue weighted by Gasteiger charge is 1.97. The number of nitrogens with zero attached hydrogens (tertiary/aromatic N) is 1. The molecule has 1 aromatic carbocycles. The molecule has 72 valence electrons. The number of rotatable bonds is 3. The highest BCUT2D eigenvalue weighted by molar-refractivity contribution is 5.75. The Morgan fingerprint density at radius 3 is 2.86 bits per heavy atom. The molecule has 0 spiro atoms. The molecule has 14 heavy (non-hydrogen) atoms. The topological polar surface area (TPSA) is 32.6 Å². The fourth-order valence-electron chi connectivity index (χ4n) is 1.09. The van der Waals surface area contributed by atoms with Crippen LogP contribution in [0.25, 0.3) is 5.57 Å². The van der Waals surface area contributed by atoms with Gasteiger partial charge >= 0.3 is 0 Å². The number of aliphatic imine (C=N–C) groups is 1. The molecule has 0 radical (unpaired) electrons. The average Bonchev–Trinajstić information content (AvgIpc) is 2.19. The van der Waals surface area contributed by atoms with Gasteiger partial charge in [-0.1, -0.05) is 24.8 Å². The molecule has 0 aliphatic rings. The molecular weight excluding hydrogens is 174 g/mol. The zero-order chi connectivity index (χ0) is 10.4. The molecule has 0 atom stereocenters. The molecule has 2 heteroatoms. The zero-order valence-corrected chi connectivity index (χ0v) is 8.14. The molecule has 2 nitrogen and oxygen atoms in total. The molecule has 0 aliphatic carbocycles. The number of aromatic hydroxyl groups is 1. The van der Waals surface area contributed by atoms with Crippen molar-refractivity contribution in [2.24, 2.45) is 4.99 Å². The molecular formula is C12H13NO. The van der Waals surface area contributed by atoms with Crippen LogP contribution in [0.5, 0.6) is 5.75 Å². The van der Waals surface area contributed by atoms with Gasteiger partial charge in [0.15, 0.2) is 0 Å². The zero-order valence-electron chi connectivity index (χ0n) is 8.14. The Hall–Kier alpha value is -1.83. The van der Waals surface area contributed by atoms with Crippen LogP contribution in [0.15, 0.2) is 48.1 Å². The van der Waals surface area contributed by atoms with Crippen LogP contribution in [0, 0.1) is 0 Å². The van der Waals surface area contributed by atoms with Crippen molar-refractivity contribution in [3.63, 3.8) is 0 Å². The van der Waals surface area contributed by atoms with Crippen molar-refractivity contribution >= 4 is 11.8 Å². The fourth-order valence-corrected chi connectivity index (χ4v) is 1.09. The van der Waals surface area contributed by atoms with E-state index in [0.29, 0.717) is 0 Å². The second kappa shape index (κ2) is 5.02. The van der Waals surface area contributed by atoms with Crippen LogP contribution in [0.3, 0.4) is 0 Å². The summed E-state index contributed by atoms with van der Waals surface area (Å²) in [4.78, 5) is 4.01. The lowest BCUT2D eigenvalue weighted by Crippen LogP contribution is -1.79. The third-order valence-corrected chi connectivity index (χ3v) is 1.76. The van der Waals surface area contributed by atoms with Gasteiger partial charge in [0, 0.05) is 12.4 Å². The highest BCUT2D eigenvalue weighted by atomic mass is 16.3. The average molecular weight is 187 g/mol. The summed E-state index contributed by atoms with van der Waals surface area (Å²) in [5.41, 5.74) is 1.80. The molecule has 0 amide bonds. The van der Waals surface area contributed by atoms with E-state index in [1.807, 2.05) is 13.0 Å². The van der Waals surface area contributed by atoms with Crippen molar-refractivity contribution in [3.8, 4) is 5.75 Å². The van der Waals surface area contributed by atoms with Crippen molar-refractivity contribution in [1.82, 2.24) is 0 Å². The fraction of sp³-hybridized carbons (Fsp3) is 0.0833. The van der Waals surface area contributed by atoms with Crippen LogP contribution in [-0.2, 0) is 0 Å². The van der Waals surface area contributed by atoms with Crippen LogP contribution in [0.1, 0.15) is 12.5 Å². The SMILES string of the molecule is C=C/C(=C\N=CC)c1cccc(O)c1. The van der Waals surface area contributed by atoms with Gasteiger partial charge < -0.3 is 5.11 Å². The third-order valence-electron chi connectivity index (χ3n) is 1.76. The first kappa shape index (κ1) is 10.3. The number of allylic oxidation sites excluding steroid dienone is 2. The van der Waals surface area contributed by atoms with Crippen LogP contribution < -0.4 is 0 Å². The molecule has 1 N–H and O–H groups in total. The molecule has 0 saturated heterocycles. The minimum absolute atomic E-state index is 0.246. The quantitative estimate of drug-likeness (QED) is 0.572. The summed E-state index contributed by atoms with van der Waals surface area (Å²) in [6.07, 6.45) is 5.12. The van der Waals surface area contributed by atoms with Crippen LogP contribution >= 0.6 is 0 Å². The van der Waals surface area contributed by atoms with Crippen molar-refractivity contribution in [3.05, 3.63) is 48.7 Å². The van der Waals surface area contributed by atoms with Crippen LogP contribution in [-0.4, -0.2) is 11.3 Å². The van der Waals surface area contributed by atoms with Crippen molar-refractivity contribution in [2.45, 2.75) is 6.92 Å². The maximum Gasteiger partial charge on any atom is 0.116 e. The van der Waals surface area contributed by atoms with Crippen LogP contribution in [0.4, 0.5) is 0 Å². The Bertz CT molecular complexity index is 378. The summed E-state index contributed by atoms with van der Waals surface area (Å²) in [7, 11) is 0. The summed E-state index contributed by atoms with van der Waals surface area (Å²) in [5.74, 6) is 0.246. The molecule has 0 bridgehead atoms. The van der Waals surface area contributed by atoms with Gasteiger partial charge in [0.2, 0.25) is 0 Å². The number of phenols is 1. The molecule has 0 saturated carbocycles. The smallest absolute Gasteiger partial charge is 0.116 e. The van der Waals surface area contributed by atoms with E-state index in [0.717, 1.165) is 11.1 Å². The van der Waals surface area contributed by atoms with E-state index in [4.69, 9.17) is 0 Å². The molecule has 0 aliphatic heterocycles. The lowest BCUT2D eigenvalue weighted by atomic mass is 10.1. The molecule has 0 heterocycles. The summed E-state index contributed by atoms with van der Waals surface area (Å²) < 4.78 is 0. The van der Waals surface area contributed by atoms with Gasteiger partial charge in [-0.2, -0.15) is 0 Å². The van der Waals surface area contributed by atoms with Crippen molar-refractivity contribution in [2.75, 3.05) is 0 Å². The summed E-state index contributed by atoms with van der Waals surface area (Å²) >= 11 is 0. The van der Waals surface area contributed by atoms with Gasteiger partial charge in [0.1, 0.15) is 5.75 Å². The van der Waals surface area contributed by atoms with Gasteiger partial charge in [-0.25, -0.2) is 0 Å². The first-order valence-corrected chi connectivity index (χ1v) is 4.37. The molecule has 0 unspecified atom stereocenters. The predicted molar refractivity (Wildman–Crippen MR) is 60.4 cm³/mol. The van der Waals surface area contributed by atoms with Crippen molar-refractivity contribution < 1.29 is 5.11 Å². The van der Waals surface area contributed by atoms with E-state index in [2.05, 4.69) is 11.6 Å². The largest absolute Gasteiger partial charge is 0.508 e. The number of hydrogen-bond donors (Lipinski definition) is 1. The lowest BCUT2D eigenvalue weighted by Gasteiger charge is -2.00. The third kappa shape index (κ3) is 2.59. The van der Waals surface area contributed by atoms with Gasteiger partial charge in [0.05, 0.1) is 0 Å². The number of phenolic OH excluding ortho intramolecular Hbond substituents is 1. The Labute approximate surface area is 83.9 Å². The minimum Gasteiger partial charge on any atom is -0.508 e. The molecule has 0 aromatic heterocycles. The normalized spacial score (nSPS) is 11.9. The predicted octanol–water partition coefficient (Wildman–Crippen LogP) is 3.01. The summed E-state index contributed by atoms with van der Waals surface area (Å²) in [6, 6.07) is 7.00. The molecule has 1 aromatic rings. The Morgan fingerprint density at radius 2 is 2.29 bits per heavy atom. The maximum absolute atomic E-state index is 9.28. The van der Waals surface area contributed by atoms with E-state index in [1.165, 1.54) is 0 Å². The van der Waals surface area contributed by atoms with Gasteiger partial charge in [0.25, 0.3) is 0 Å². The van der Waals surface area contributed by atoms with Crippen LogP contribution in [0.2, 0.25) is 0 Å². The van der Waals surface area contributed by atoms with Gasteiger partial charge in [-0.15, -0.1) is 0 Å². The first-order valence-electron chi connectivity index (χ1n) is 4.37. The molecule has 0 fully saturated rings. The van der Waals surface area contributed by atoms with E-state index < -0.39 is 0 Å². The van der Waals surface area contributed by atoms with Crippen molar-refractivity contribution in [1.29, 1.82) is 0 Å².